The minimum atomic E-state index is 0.423. The lowest BCUT2D eigenvalue weighted by Gasteiger charge is -2.07. The number of aryl methyl sites for hydroxylation is 1. The molecule has 3 nitrogen and oxygen atoms in total. The van der Waals surface area contributed by atoms with Crippen LogP contribution in [-0.4, -0.2) is 5.16 Å². The second kappa shape index (κ2) is 5.14. The standard InChI is InChI=1S/C14H17BrN2O/c1-8(2)6-11-13(17-18-14(11)16)10-7-9(3)4-5-12(10)15/h4-5,7-8H,6,16H2,1-3H3. The number of halogens is 1. The van der Waals surface area contributed by atoms with E-state index in [4.69, 9.17) is 10.3 Å². The molecule has 0 unspecified atom stereocenters. The third-order valence-electron chi connectivity index (χ3n) is 2.81. The summed E-state index contributed by atoms with van der Waals surface area (Å²) in [6.07, 6.45) is 0.866. The zero-order chi connectivity index (χ0) is 13.3. The Bertz CT molecular complexity index is 561. The number of rotatable bonds is 3. The number of aromatic nitrogens is 1. The van der Waals surface area contributed by atoms with Crippen LogP contribution in [0.5, 0.6) is 0 Å². The predicted octanol–water partition coefficient (Wildman–Crippen LogP) is 4.19. The molecule has 0 spiro atoms. The van der Waals surface area contributed by atoms with Gasteiger partial charge in [0.05, 0.1) is 0 Å². The van der Waals surface area contributed by atoms with Crippen LogP contribution >= 0.6 is 15.9 Å². The third-order valence-corrected chi connectivity index (χ3v) is 3.50. The first-order valence-electron chi connectivity index (χ1n) is 5.99. The molecule has 2 rings (SSSR count). The van der Waals surface area contributed by atoms with E-state index >= 15 is 0 Å². The van der Waals surface area contributed by atoms with Crippen LogP contribution in [-0.2, 0) is 6.42 Å². The Balaban J connectivity index is 2.53. The number of hydrogen-bond acceptors (Lipinski definition) is 3. The van der Waals surface area contributed by atoms with Gasteiger partial charge in [0, 0.05) is 15.6 Å². The van der Waals surface area contributed by atoms with Crippen molar-refractivity contribution in [3.8, 4) is 11.3 Å². The molecule has 0 saturated carbocycles. The second-order valence-electron chi connectivity index (χ2n) is 4.96. The van der Waals surface area contributed by atoms with E-state index in [0.29, 0.717) is 11.8 Å². The lowest BCUT2D eigenvalue weighted by Crippen LogP contribution is -1.99. The first kappa shape index (κ1) is 13.1. The molecule has 0 saturated heterocycles. The molecule has 0 atom stereocenters. The van der Waals surface area contributed by atoms with Gasteiger partial charge in [-0.25, -0.2) is 0 Å². The van der Waals surface area contributed by atoms with E-state index in [-0.39, 0.29) is 0 Å². The summed E-state index contributed by atoms with van der Waals surface area (Å²) >= 11 is 3.55. The highest BCUT2D eigenvalue weighted by Crippen LogP contribution is 2.34. The number of hydrogen-bond donors (Lipinski definition) is 1. The van der Waals surface area contributed by atoms with Crippen molar-refractivity contribution in [2.24, 2.45) is 5.92 Å². The van der Waals surface area contributed by atoms with Crippen LogP contribution in [0.25, 0.3) is 11.3 Å². The maximum atomic E-state index is 5.87. The highest BCUT2D eigenvalue weighted by molar-refractivity contribution is 9.10. The van der Waals surface area contributed by atoms with Crippen molar-refractivity contribution < 1.29 is 4.52 Å². The third kappa shape index (κ3) is 2.58. The summed E-state index contributed by atoms with van der Waals surface area (Å²) in [6, 6.07) is 6.17. The van der Waals surface area contributed by atoms with E-state index in [1.54, 1.807) is 0 Å². The van der Waals surface area contributed by atoms with Gasteiger partial charge >= 0.3 is 0 Å². The molecule has 0 aliphatic rings. The second-order valence-corrected chi connectivity index (χ2v) is 5.81. The molecule has 2 aromatic rings. The summed E-state index contributed by atoms with van der Waals surface area (Å²) in [5.74, 6) is 0.932. The van der Waals surface area contributed by atoms with Gasteiger partial charge in [-0.3, -0.25) is 0 Å². The van der Waals surface area contributed by atoms with Crippen molar-refractivity contribution in [3.05, 3.63) is 33.8 Å². The molecule has 0 radical (unpaired) electrons. The fourth-order valence-corrected chi connectivity index (χ4v) is 2.39. The highest BCUT2D eigenvalue weighted by atomic mass is 79.9. The fourth-order valence-electron chi connectivity index (χ4n) is 1.96. The zero-order valence-corrected chi connectivity index (χ0v) is 12.4. The van der Waals surface area contributed by atoms with Gasteiger partial charge in [0.2, 0.25) is 5.88 Å². The van der Waals surface area contributed by atoms with Gasteiger partial charge in [-0.2, -0.15) is 0 Å². The highest BCUT2D eigenvalue weighted by Gasteiger charge is 2.18. The molecular formula is C14H17BrN2O. The minimum Gasteiger partial charge on any atom is -0.367 e. The molecule has 0 aliphatic carbocycles. The van der Waals surface area contributed by atoms with Gasteiger partial charge in [0.15, 0.2) is 0 Å². The SMILES string of the molecule is Cc1ccc(Br)c(-c2noc(N)c2CC(C)C)c1. The first-order chi connectivity index (χ1) is 8.49. The number of nitrogens with two attached hydrogens (primary N) is 1. The monoisotopic (exact) mass is 308 g/mol. The smallest absolute Gasteiger partial charge is 0.225 e. The lowest BCUT2D eigenvalue weighted by molar-refractivity contribution is 0.438. The van der Waals surface area contributed by atoms with E-state index < -0.39 is 0 Å². The summed E-state index contributed by atoms with van der Waals surface area (Å²) in [7, 11) is 0. The van der Waals surface area contributed by atoms with Crippen LogP contribution in [0.1, 0.15) is 25.0 Å². The van der Waals surface area contributed by atoms with Crippen molar-refractivity contribution >= 4 is 21.8 Å². The van der Waals surface area contributed by atoms with E-state index in [1.807, 2.05) is 6.07 Å². The van der Waals surface area contributed by atoms with Crippen LogP contribution in [0.2, 0.25) is 0 Å². The van der Waals surface area contributed by atoms with Crippen LogP contribution < -0.4 is 5.73 Å². The van der Waals surface area contributed by atoms with Crippen molar-refractivity contribution in [1.29, 1.82) is 0 Å². The van der Waals surface area contributed by atoms with Crippen molar-refractivity contribution in [3.63, 3.8) is 0 Å². The molecule has 96 valence electrons. The van der Waals surface area contributed by atoms with Crippen molar-refractivity contribution in [1.82, 2.24) is 5.16 Å². The minimum absolute atomic E-state index is 0.423. The van der Waals surface area contributed by atoms with Crippen molar-refractivity contribution in [2.75, 3.05) is 5.73 Å². The van der Waals surface area contributed by atoms with Crippen LogP contribution in [0, 0.1) is 12.8 Å². The van der Waals surface area contributed by atoms with Crippen LogP contribution in [0.15, 0.2) is 27.2 Å². The van der Waals surface area contributed by atoms with Crippen LogP contribution in [0.3, 0.4) is 0 Å². The fraction of sp³-hybridized carbons (Fsp3) is 0.357. The molecule has 1 heterocycles. The number of nitrogens with zero attached hydrogens (tertiary/aromatic N) is 1. The largest absolute Gasteiger partial charge is 0.367 e. The summed E-state index contributed by atoms with van der Waals surface area (Å²) in [5, 5.41) is 4.11. The van der Waals surface area contributed by atoms with E-state index in [2.05, 4.69) is 54.0 Å². The normalized spacial score (nSPS) is 11.2. The average Bonchev–Trinajstić information content (AvgIpc) is 2.64. The van der Waals surface area contributed by atoms with Gasteiger partial charge < -0.3 is 10.3 Å². The first-order valence-corrected chi connectivity index (χ1v) is 6.79. The number of anilines is 1. The Morgan fingerprint density at radius 1 is 1.39 bits per heavy atom. The molecule has 0 aliphatic heterocycles. The maximum absolute atomic E-state index is 5.87. The lowest BCUT2D eigenvalue weighted by atomic mass is 9.98. The molecule has 4 heteroatoms. The molecule has 1 aromatic heterocycles. The summed E-state index contributed by atoms with van der Waals surface area (Å²) in [6.45, 7) is 6.37. The van der Waals surface area contributed by atoms with Gasteiger partial charge in [-0.05, 0) is 31.4 Å². The maximum Gasteiger partial charge on any atom is 0.225 e. The Hall–Kier alpha value is -1.29. The zero-order valence-electron chi connectivity index (χ0n) is 10.8. The molecular weight excluding hydrogens is 292 g/mol. The molecule has 2 N–H and O–H groups in total. The van der Waals surface area contributed by atoms with E-state index in [1.165, 1.54) is 5.56 Å². The predicted molar refractivity (Wildman–Crippen MR) is 77.3 cm³/mol. The van der Waals surface area contributed by atoms with Gasteiger partial charge in [-0.15, -0.1) is 0 Å². The number of nitrogen functional groups attached to an aromatic ring is 1. The number of benzene rings is 1. The topological polar surface area (TPSA) is 52.0 Å². The molecule has 1 aromatic carbocycles. The Morgan fingerprint density at radius 2 is 2.11 bits per heavy atom. The van der Waals surface area contributed by atoms with Gasteiger partial charge in [0.25, 0.3) is 0 Å². The van der Waals surface area contributed by atoms with E-state index in [9.17, 15) is 0 Å². The molecule has 0 amide bonds. The Kier molecular flexibility index (Phi) is 3.76. The molecule has 18 heavy (non-hydrogen) atoms. The molecule has 0 fully saturated rings. The van der Waals surface area contributed by atoms with Crippen LogP contribution in [0.4, 0.5) is 5.88 Å². The van der Waals surface area contributed by atoms with Crippen molar-refractivity contribution in [2.45, 2.75) is 27.2 Å². The molecule has 0 bridgehead atoms. The summed E-state index contributed by atoms with van der Waals surface area (Å²) < 4.78 is 6.16. The average molecular weight is 309 g/mol. The van der Waals surface area contributed by atoms with Gasteiger partial charge in [0.1, 0.15) is 5.69 Å². The summed E-state index contributed by atoms with van der Waals surface area (Å²) in [4.78, 5) is 0. The Morgan fingerprint density at radius 3 is 2.78 bits per heavy atom. The summed E-state index contributed by atoms with van der Waals surface area (Å²) in [5.41, 5.74) is 9.93. The van der Waals surface area contributed by atoms with Gasteiger partial charge in [-0.1, -0.05) is 46.6 Å². The quantitative estimate of drug-likeness (QED) is 0.924. The Labute approximate surface area is 115 Å². The van der Waals surface area contributed by atoms with E-state index in [0.717, 1.165) is 27.7 Å².